The van der Waals surface area contributed by atoms with E-state index in [0.717, 1.165) is 33.3 Å². The van der Waals surface area contributed by atoms with Crippen molar-refractivity contribution in [1.29, 1.82) is 0 Å². The third-order valence-electron chi connectivity index (χ3n) is 7.20. The van der Waals surface area contributed by atoms with Crippen LogP contribution in [-0.4, -0.2) is 52.6 Å². The maximum absolute atomic E-state index is 12.2. The maximum atomic E-state index is 12.2. The summed E-state index contributed by atoms with van der Waals surface area (Å²) in [4.78, 5) is 13.9. The van der Waals surface area contributed by atoms with E-state index in [0.29, 0.717) is 19.6 Å². The van der Waals surface area contributed by atoms with Crippen LogP contribution in [0.2, 0.25) is 5.21 Å². The standard InChI is InChI=1S/C32H33AsN2O3/c34-30-14-8-7-13-29(30)32(24-9-3-1-4-10-24,25-11-5-2-6-12-25)21-28(36)22-33-26-15-17-27(18-16-26)35-19-20-38-23-31(35)37/h1-18,28,33,36H,19-23,34H2/t28-/m0/s1. The summed E-state index contributed by atoms with van der Waals surface area (Å²) in [5, 5.41) is 12.3. The molecule has 194 valence electrons. The minimum atomic E-state index is -0.597. The monoisotopic (exact) mass is 568 g/mol. The van der Waals surface area contributed by atoms with Gasteiger partial charge in [0.05, 0.1) is 0 Å². The van der Waals surface area contributed by atoms with Crippen molar-refractivity contribution in [2.75, 3.05) is 30.4 Å². The van der Waals surface area contributed by atoms with E-state index in [1.54, 1.807) is 4.90 Å². The number of amides is 1. The van der Waals surface area contributed by atoms with Crippen LogP contribution in [0.3, 0.4) is 0 Å². The summed E-state index contributed by atoms with van der Waals surface area (Å²) >= 11 is -0.597. The van der Waals surface area contributed by atoms with Gasteiger partial charge >= 0.3 is 231 Å². The molecule has 1 aliphatic heterocycles. The molecule has 0 bridgehead atoms. The van der Waals surface area contributed by atoms with Crippen molar-refractivity contribution < 1.29 is 14.6 Å². The third kappa shape index (κ3) is 5.56. The zero-order chi connectivity index (χ0) is 26.4. The van der Waals surface area contributed by atoms with Crippen LogP contribution in [0.15, 0.2) is 109 Å². The zero-order valence-corrected chi connectivity index (χ0v) is 23.4. The van der Waals surface area contributed by atoms with Crippen LogP contribution >= 0.6 is 0 Å². The van der Waals surface area contributed by atoms with Crippen molar-refractivity contribution in [3.8, 4) is 0 Å². The Hall–Kier alpha value is -3.37. The van der Waals surface area contributed by atoms with E-state index in [4.69, 9.17) is 10.5 Å². The average Bonchev–Trinajstić information content (AvgIpc) is 2.97. The number of hydrogen-bond donors (Lipinski definition) is 2. The second-order valence-corrected chi connectivity index (χ2v) is 12.4. The number of carbonyl (C=O) groups is 1. The number of benzene rings is 4. The number of ether oxygens (including phenoxy) is 1. The van der Waals surface area contributed by atoms with Crippen molar-refractivity contribution >= 4 is 37.4 Å². The molecule has 1 fully saturated rings. The predicted octanol–water partition coefficient (Wildman–Crippen LogP) is 3.90. The molecule has 0 radical (unpaired) electrons. The Labute approximate surface area is 230 Å². The molecule has 0 saturated carbocycles. The Morgan fingerprint density at radius 1 is 0.868 bits per heavy atom. The van der Waals surface area contributed by atoms with E-state index < -0.39 is 27.3 Å². The van der Waals surface area contributed by atoms with Gasteiger partial charge in [-0.1, -0.05) is 0 Å². The van der Waals surface area contributed by atoms with E-state index in [-0.39, 0.29) is 12.5 Å². The Kier molecular flexibility index (Phi) is 8.29. The first-order valence-electron chi connectivity index (χ1n) is 12.9. The van der Waals surface area contributed by atoms with Gasteiger partial charge in [-0.3, -0.25) is 0 Å². The number of morpholine rings is 1. The topological polar surface area (TPSA) is 75.8 Å². The van der Waals surface area contributed by atoms with Crippen LogP contribution in [0, 0.1) is 0 Å². The molecule has 0 aromatic heterocycles. The summed E-state index contributed by atoms with van der Waals surface area (Å²) in [6.07, 6.45) is 0.00885. The summed E-state index contributed by atoms with van der Waals surface area (Å²) in [5.41, 5.74) is 10.9. The van der Waals surface area contributed by atoms with Crippen molar-refractivity contribution in [3.05, 3.63) is 126 Å². The molecule has 1 heterocycles. The number of nitrogens with zero attached hydrogens (tertiary/aromatic N) is 1. The summed E-state index contributed by atoms with van der Waals surface area (Å²) < 4.78 is 6.49. The van der Waals surface area contributed by atoms with Gasteiger partial charge in [-0.25, -0.2) is 0 Å². The molecule has 1 amide bonds. The number of nitrogen functional groups attached to an aromatic ring is 1. The molecular formula is C32H33AsN2O3. The molecule has 0 spiro atoms. The summed E-state index contributed by atoms with van der Waals surface area (Å²) in [5.74, 6) is -0.00575. The van der Waals surface area contributed by atoms with E-state index in [1.807, 2.05) is 66.7 Å². The molecule has 0 aliphatic carbocycles. The number of aliphatic hydroxyl groups is 1. The van der Waals surface area contributed by atoms with E-state index in [9.17, 15) is 9.90 Å². The van der Waals surface area contributed by atoms with Gasteiger partial charge in [0, 0.05) is 0 Å². The molecule has 4 aromatic carbocycles. The minimum absolute atomic E-state index is 0.00575. The van der Waals surface area contributed by atoms with Gasteiger partial charge in [-0.05, 0) is 0 Å². The van der Waals surface area contributed by atoms with Crippen LogP contribution in [0.4, 0.5) is 11.4 Å². The first kappa shape index (κ1) is 26.2. The van der Waals surface area contributed by atoms with E-state index >= 15 is 0 Å². The average molecular weight is 569 g/mol. The summed E-state index contributed by atoms with van der Waals surface area (Å²) in [6.45, 7) is 1.28. The fraction of sp³-hybridized carbons (Fsp3) is 0.219. The van der Waals surface area contributed by atoms with E-state index in [2.05, 4.69) is 42.5 Å². The molecule has 5 rings (SSSR count). The molecule has 4 aromatic rings. The van der Waals surface area contributed by atoms with Crippen LogP contribution in [0.5, 0.6) is 0 Å². The van der Waals surface area contributed by atoms with Gasteiger partial charge in [0.2, 0.25) is 0 Å². The summed E-state index contributed by atoms with van der Waals surface area (Å²) in [6, 6.07) is 37.0. The van der Waals surface area contributed by atoms with Crippen LogP contribution in [0.1, 0.15) is 23.1 Å². The number of carbonyl (C=O) groups excluding carboxylic acids is 1. The predicted molar refractivity (Wildman–Crippen MR) is 155 cm³/mol. The molecule has 1 saturated heterocycles. The molecular weight excluding hydrogens is 535 g/mol. The Balaban J connectivity index is 1.41. The fourth-order valence-electron chi connectivity index (χ4n) is 5.37. The number of para-hydroxylation sites is 1. The Morgan fingerprint density at radius 3 is 2.08 bits per heavy atom. The van der Waals surface area contributed by atoms with Crippen LogP contribution in [0.25, 0.3) is 0 Å². The number of aliphatic hydroxyl groups excluding tert-OH is 1. The molecule has 38 heavy (non-hydrogen) atoms. The van der Waals surface area contributed by atoms with Gasteiger partial charge in [0.25, 0.3) is 0 Å². The molecule has 3 N–H and O–H groups in total. The molecule has 5 nitrogen and oxygen atoms in total. The second kappa shape index (κ2) is 12.0. The van der Waals surface area contributed by atoms with Crippen molar-refractivity contribution in [2.45, 2.75) is 23.1 Å². The van der Waals surface area contributed by atoms with Crippen molar-refractivity contribution in [3.63, 3.8) is 0 Å². The van der Waals surface area contributed by atoms with Gasteiger partial charge in [0.1, 0.15) is 0 Å². The molecule has 6 heteroatoms. The fourth-order valence-corrected chi connectivity index (χ4v) is 7.50. The Morgan fingerprint density at radius 2 is 1.47 bits per heavy atom. The quantitative estimate of drug-likeness (QED) is 0.183. The van der Waals surface area contributed by atoms with Gasteiger partial charge in [0.15, 0.2) is 0 Å². The van der Waals surface area contributed by atoms with Crippen LogP contribution < -0.4 is 15.0 Å². The van der Waals surface area contributed by atoms with Gasteiger partial charge < -0.3 is 0 Å². The number of anilines is 2. The number of rotatable bonds is 9. The molecule has 1 aliphatic rings. The third-order valence-corrected chi connectivity index (χ3v) is 10.2. The van der Waals surface area contributed by atoms with Crippen molar-refractivity contribution in [1.82, 2.24) is 0 Å². The first-order chi connectivity index (χ1) is 18.6. The number of nitrogens with two attached hydrogens (primary N) is 1. The first-order valence-corrected chi connectivity index (χ1v) is 15.5. The SMILES string of the molecule is Nc1ccccc1C(C[C@H](O)C[AsH]c1ccc(N2CCOCC2=O)cc1)(c1ccccc1)c1ccccc1. The Bertz CT molecular complexity index is 1310. The normalized spacial score (nSPS) is 15.2. The molecule has 1 unspecified atom stereocenters. The van der Waals surface area contributed by atoms with Crippen molar-refractivity contribution in [2.24, 2.45) is 0 Å². The number of hydrogen-bond acceptors (Lipinski definition) is 4. The second-order valence-electron chi connectivity index (χ2n) is 9.61. The van der Waals surface area contributed by atoms with Gasteiger partial charge in [-0.2, -0.15) is 0 Å². The molecule has 2 atom stereocenters. The van der Waals surface area contributed by atoms with Crippen LogP contribution in [-0.2, 0) is 14.9 Å². The zero-order valence-electron chi connectivity index (χ0n) is 21.3. The van der Waals surface area contributed by atoms with Gasteiger partial charge in [-0.15, -0.1) is 0 Å². The summed E-state index contributed by atoms with van der Waals surface area (Å²) in [7, 11) is 0. The van der Waals surface area contributed by atoms with E-state index in [1.165, 1.54) is 4.35 Å².